The first kappa shape index (κ1) is 9.45. The van der Waals surface area contributed by atoms with Crippen LogP contribution in [-0.2, 0) is 0 Å². The summed E-state index contributed by atoms with van der Waals surface area (Å²) < 4.78 is 1.67. The Balaban J connectivity index is 2.49. The van der Waals surface area contributed by atoms with Gasteiger partial charge in [-0.25, -0.2) is 4.98 Å². The zero-order valence-electron chi connectivity index (χ0n) is 8.34. The zero-order chi connectivity index (χ0) is 10.8. The molecule has 1 aromatic heterocycles. The average molecular weight is 201 g/mol. The number of carbonyl (C=O) groups excluding carboxylic acids is 1. The number of nitrogens with two attached hydrogens (primary N) is 1. The SMILES string of the molecule is Cc1ccc(-n2cncc2C(N)=O)cc1. The Hall–Kier alpha value is -2.10. The highest BCUT2D eigenvalue weighted by Gasteiger charge is 2.08. The Kier molecular flexibility index (Phi) is 2.25. The van der Waals surface area contributed by atoms with Crippen molar-refractivity contribution in [2.24, 2.45) is 5.73 Å². The van der Waals surface area contributed by atoms with Gasteiger partial charge in [0.15, 0.2) is 0 Å². The van der Waals surface area contributed by atoms with Crippen LogP contribution in [0.3, 0.4) is 0 Å². The van der Waals surface area contributed by atoms with Gasteiger partial charge in [-0.05, 0) is 19.1 Å². The molecule has 0 fully saturated rings. The van der Waals surface area contributed by atoms with Gasteiger partial charge in [0, 0.05) is 5.69 Å². The Morgan fingerprint density at radius 3 is 2.60 bits per heavy atom. The molecule has 1 amide bonds. The summed E-state index contributed by atoms with van der Waals surface area (Å²) in [5, 5.41) is 0. The van der Waals surface area contributed by atoms with Crippen LogP contribution in [0.1, 0.15) is 16.1 Å². The van der Waals surface area contributed by atoms with E-state index in [1.165, 1.54) is 11.8 Å². The lowest BCUT2D eigenvalue weighted by Gasteiger charge is -2.05. The molecule has 4 nitrogen and oxygen atoms in total. The number of hydrogen-bond donors (Lipinski definition) is 1. The topological polar surface area (TPSA) is 60.9 Å². The zero-order valence-corrected chi connectivity index (χ0v) is 8.34. The maximum Gasteiger partial charge on any atom is 0.267 e. The van der Waals surface area contributed by atoms with Gasteiger partial charge in [-0.1, -0.05) is 17.7 Å². The van der Waals surface area contributed by atoms with E-state index in [9.17, 15) is 4.79 Å². The molecule has 0 spiro atoms. The lowest BCUT2D eigenvalue weighted by molar-refractivity contribution is 0.0994. The van der Waals surface area contributed by atoms with Gasteiger partial charge in [0.25, 0.3) is 5.91 Å². The average Bonchev–Trinajstić information content (AvgIpc) is 2.67. The van der Waals surface area contributed by atoms with E-state index < -0.39 is 5.91 Å². The number of aryl methyl sites for hydroxylation is 1. The summed E-state index contributed by atoms with van der Waals surface area (Å²) in [6.45, 7) is 2.01. The summed E-state index contributed by atoms with van der Waals surface area (Å²) in [5.41, 5.74) is 7.66. The molecule has 1 heterocycles. The lowest BCUT2D eigenvalue weighted by atomic mass is 10.2. The van der Waals surface area contributed by atoms with E-state index in [0.717, 1.165) is 5.69 Å². The van der Waals surface area contributed by atoms with Gasteiger partial charge in [0.1, 0.15) is 5.69 Å². The summed E-state index contributed by atoms with van der Waals surface area (Å²) in [4.78, 5) is 15.0. The molecule has 76 valence electrons. The van der Waals surface area contributed by atoms with Crippen molar-refractivity contribution in [3.8, 4) is 5.69 Å². The van der Waals surface area contributed by atoms with Crippen LogP contribution in [0, 0.1) is 6.92 Å². The number of carbonyl (C=O) groups is 1. The molecule has 0 aliphatic heterocycles. The molecular formula is C11H11N3O. The minimum Gasteiger partial charge on any atom is -0.364 e. The highest BCUT2D eigenvalue weighted by Crippen LogP contribution is 2.11. The normalized spacial score (nSPS) is 10.2. The number of primary amides is 1. The quantitative estimate of drug-likeness (QED) is 0.795. The third-order valence-corrected chi connectivity index (χ3v) is 2.20. The van der Waals surface area contributed by atoms with E-state index >= 15 is 0 Å². The third-order valence-electron chi connectivity index (χ3n) is 2.20. The first-order valence-corrected chi connectivity index (χ1v) is 4.57. The van der Waals surface area contributed by atoms with Crippen LogP contribution in [0.2, 0.25) is 0 Å². The highest BCUT2D eigenvalue weighted by molar-refractivity contribution is 5.91. The van der Waals surface area contributed by atoms with Crippen LogP contribution >= 0.6 is 0 Å². The first-order valence-electron chi connectivity index (χ1n) is 4.57. The van der Waals surface area contributed by atoms with Crippen molar-refractivity contribution in [3.63, 3.8) is 0 Å². The highest BCUT2D eigenvalue weighted by atomic mass is 16.1. The molecule has 0 saturated heterocycles. The maximum atomic E-state index is 11.1. The largest absolute Gasteiger partial charge is 0.364 e. The Morgan fingerprint density at radius 1 is 1.33 bits per heavy atom. The monoisotopic (exact) mass is 201 g/mol. The Bertz CT molecular complexity index is 485. The number of aromatic nitrogens is 2. The van der Waals surface area contributed by atoms with E-state index in [0.29, 0.717) is 5.69 Å². The van der Waals surface area contributed by atoms with E-state index in [2.05, 4.69) is 4.98 Å². The predicted octanol–water partition coefficient (Wildman–Crippen LogP) is 1.28. The molecule has 2 rings (SSSR count). The first-order chi connectivity index (χ1) is 7.18. The summed E-state index contributed by atoms with van der Waals surface area (Å²) >= 11 is 0. The molecule has 0 aliphatic rings. The molecule has 2 aromatic rings. The lowest BCUT2D eigenvalue weighted by Crippen LogP contribution is -2.15. The number of imidazole rings is 1. The fourth-order valence-electron chi connectivity index (χ4n) is 1.39. The standard InChI is InChI=1S/C11H11N3O/c1-8-2-4-9(5-3-8)14-7-13-6-10(14)11(12)15/h2-7H,1H3,(H2,12,15). The van der Waals surface area contributed by atoms with Crippen LogP contribution in [0.4, 0.5) is 0 Å². The van der Waals surface area contributed by atoms with Crippen molar-refractivity contribution in [2.75, 3.05) is 0 Å². The fraction of sp³-hybridized carbons (Fsp3) is 0.0909. The van der Waals surface area contributed by atoms with Crippen LogP contribution in [0.25, 0.3) is 5.69 Å². The second kappa shape index (κ2) is 3.57. The van der Waals surface area contributed by atoms with Crippen LogP contribution in [-0.4, -0.2) is 15.5 Å². The molecule has 0 radical (unpaired) electrons. The molecule has 0 atom stereocenters. The Morgan fingerprint density at radius 2 is 2.00 bits per heavy atom. The van der Waals surface area contributed by atoms with Crippen molar-refractivity contribution in [2.45, 2.75) is 6.92 Å². The number of nitrogens with zero attached hydrogens (tertiary/aromatic N) is 2. The van der Waals surface area contributed by atoms with Gasteiger partial charge in [-0.15, -0.1) is 0 Å². The molecule has 0 unspecified atom stereocenters. The van der Waals surface area contributed by atoms with Crippen LogP contribution in [0.5, 0.6) is 0 Å². The van der Waals surface area contributed by atoms with Crippen molar-refractivity contribution >= 4 is 5.91 Å². The van der Waals surface area contributed by atoms with E-state index in [-0.39, 0.29) is 0 Å². The summed E-state index contributed by atoms with van der Waals surface area (Å²) in [7, 11) is 0. The van der Waals surface area contributed by atoms with Gasteiger partial charge in [-0.2, -0.15) is 0 Å². The van der Waals surface area contributed by atoms with Crippen LogP contribution < -0.4 is 5.73 Å². The van der Waals surface area contributed by atoms with Crippen molar-refractivity contribution in [1.29, 1.82) is 0 Å². The van der Waals surface area contributed by atoms with Crippen molar-refractivity contribution in [1.82, 2.24) is 9.55 Å². The summed E-state index contributed by atoms with van der Waals surface area (Å²) in [5.74, 6) is -0.479. The molecular weight excluding hydrogens is 190 g/mol. The third kappa shape index (κ3) is 1.74. The minimum atomic E-state index is -0.479. The Labute approximate surface area is 87.4 Å². The van der Waals surface area contributed by atoms with Crippen molar-refractivity contribution < 1.29 is 4.79 Å². The van der Waals surface area contributed by atoms with E-state index in [4.69, 9.17) is 5.73 Å². The molecule has 0 saturated carbocycles. The number of amides is 1. The van der Waals surface area contributed by atoms with Crippen LogP contribution in [0.15, 0.2) is 36.8 Å². The van der Waals surface area contributed by atoms with Crippen molar-refractivity contribution in [3.05, 3.63) is 48.0 Å². The number of hydrogen-bond acceptors (Lipinski definition) is 2. The molecule has 4 heteroatoms. The second-order valence-corrected chi connectivity index (χ2v) is 3.35. The summed E-state index contributed by atoms with van der Waals surface area (Å²) in [6.07, 6.45) is 3.03. The number of benzene rings is 1. The molecule has 2 N–H and O–H groups in total. The van der Waals surface area contributed by atoms with Gasteiger partial charge >= 0.3 is 0 Å². The molecule has 0 aliphatic carbocycles. The smallest absolute Gasteiger partial charge is 0.267 e. The molecule has 15 heavy (non-hydrogen) atoms. The molecule has 1 aromatic carbocycles. The predicted molar refractivity (Wildman–Crippen MR) is 56.8 cm³/mol. The second-order valence-electron chi connectivity index (χ2n) is 3.35. The van der Waals surface area contributed by atoms with Gasteiger partial charge in [0.05, 0.1) is 12.5 Å². The molecule has 0 bridgehead atoms. The van der Waals surface area contributed by atoms with Gasteiger partial charge < -0.3 is 5.73 Å². The van der Waals surface area contributed by atoms with Gasteiger partial charge in [0.2, 0.25) is 0 Å². The number of rotatable bonds is 2. The van der Waals surface area contributed by atoms with E-state index in [1.54, 1.807) is 10.9 Å². The van der Waals surface area contributed by atoms with Gasteiger partial charge in [-0.3, -0.25) is 9.36 Å². The summed E-state index contributed by atoms with van der Waals surface area (Å²) in [6, 6.07) is 7.78. The fourth-order valence-corrected chi connectivity index (χ4v) is 1.39. The maximum absolute atomic E-state index is 11.1. The minimum absolute atomic E-state index is 0.388. The van der Waals surface area contributed by atoms with E-state index in [1.807, 2.05) is 31.2 Å².